The van der Waals surface area contributed by atoms with Crippen LogP contribution in [0.1, 0.15) is 94.0 Å². The first-order valence-electron chi connectivity index (χ1n) is 11.9. The second-order valence-corrected chi connectivity index (χ2v) is 13.0. The van der Waals surface area contributed by atoms with Gasteiger partial charge in [0, 0.05) is 29.3 Å². The second-order valence-electron chi connectivity index (χ2n) is 10.4. The molecule has 1 nitrogen and oxygen atoms in total. The number of ketones is 1. The van der Waals surface area contributed by atoms with Crippen molar-refractivity contribution in [2.24, 2.45) is 17.8 Å². The summed E-state index contributed by atoms with van der Waals surface area (Å²) in [5, 5.41) is 0. The normalized spacial score (nSPS) is 34.9. The van der Waals surface area contributed by atoms with Gasteiger partial charge in [-0.05, 0) is 80.1 Å². The summed E-state index contributed by atoms with van der Waals surface area (Å²) in [5.41, 5.74) is 2.97. The molecule has 1 heterocycles. The smallest absolute Gasteiger partial charge is 0.217 e. The van der Waals surface area contributed by atoms with Crippen molar-refractivity contribution in [3.8, 4) is 0 Å². The Morgan fingerprint density at radius 2 is 1.43 bits per heavy atom. The number of benzene rings is 1. The number of Topliss-reactive ketones (excluding diaryl/α,β-unsaturated/α-hetero) is 1. The number of hydrogen-bond acceptors (Lipinski definition) is 1. The van der Waals surface area contributed by atoms with E-state index in [4.69, 9.17) is 0 Å². The minimum absolute atomic E-state index is 0.0985. The highest BCUT2D eigenvalue weighted by atomic mass is 32.2. The SMILES string of the molecule is CCC(CC)(C(=O)c1ccc(C23CC4CC(CC(C4)C2)C3)cc1)[S+]1CCCC1. The maximum Gasteiger partial charge on any atom is 0.217 e. The van der Waals surface area contributed by atoms with Crippen molar-refractivity contribution in [3.63, 3.8) is 0 Å². The minimum Gasteiger partial charge on any atom is -0.288 e. The van der Waals surface area contributed by atoms with Crippen molar-refractivity contribution in [3.05, 3.63) is 35.4 Å². The van der Waals surface area contributed by atoms with Crippen LogP contribution in [-0.2, 0) is 16.3 Å². The lowest BCUT2D eigenvalue weighted by Crippen LogP contribution is -2.48. The molecule has 4 aliphatic carbocycles. The third-order valence-corrected chi connectivity index (χ3v) is 12.4. The van der Waals surface area contributed by atoms with Crippen LogP contribution in [0, 0.1) is 17.8 Å². The molecule has 1 saturated heterocycles. The van der Waals surface area contributed by atoms with Gasteiger partial charge in [-0.2, -0.15) is 0 Å². The van der Waals surface area contributed by atoms with Gasteiger partial charge in [-0.15, -0.1) is 0 Å². The molecule has 6 rings (SSSR count). The van der Waals surface area contributed by atoms with Crippen molar-refractivity contribution in [2.45, 2.75) is 88.2 Å². The predicted molar refractivity (Wildman–Crippen MR) is 120 cm³/mol. The Morgan fingerprint density at radius 3 is 1.89 bits per heavy atom. The Labute approximate surface area is 174 Å². The Morgan fingerprint density at radius 1 is 0.929 bits per heavy atom. The molecule has 0 radical (unpaired) electrons. The fraction of sp³-hybridized carbons (Fsp3) is 0.731. The molecule has 5 fully saturated rings. The highest BCUT2D eigenvalue weighted by Crippen LogP contribution is 2.60. The summed E-state index contributed by atoms with van der Waals surface area (Å²) in [5.74, 6) is 5.93. The van der Waals surface area contributed by atoms with Gasteiger partial charge in [0.05, 0.1) is 0 Å². The zero-order valence-electron chi connectivity index (χ0n) is 17.8. The summed E-state index contributed by atoms with van der Waals surface area (Å²) in [7, 11) is 0.282. The van der Waals surface area contributed by atoms with Gasteiger partial charge in [0.1, 0.15) is 11.5 Å². The van der Waals surface area contributed by atoms with E-state index in [1.54, 1.807) is 5.56 Å². The Balaban J connectivity index is 1.41. The fourth-order valence-corrected chi connectivity index (χ4v) is 11.1. The minimum atomic E-state index is -0.0985. The van der Waals surface area contributed by atoms with Crippen molar-refractivity contribution in [1.29, 1.82) is 0 Å². The van der Waals surface area contributed by atoms with Gasteiger partial charge >= 0.3 is 0 Å². The van der Waals surface area contributed by atoms with Gasteiger partial charge in [0.2, 0.25) is 5.78 Å². The van der Waals surface area contributed by atoms with Gasteiger partial charge in [-0.25, -0.2) is 0 Å². The summed E-state index contributed by atoms with van der Waals surface area (Å²) >= 11 is 0. The van der Waals surface area contributed by atoms with Crippen molar-refractivity contribution in [1.82, 2.24) is 0 Å². The van der Waals surface area contributed by atoms with Gasteiger partial charge in [-0.1, -0.05) is 38.1 Å². The zero-order valence-corrected chi connectivity index (χ0v) is 18.7. The van der Waals surface area contributed by atoms with Crippen LogP contribution in [0.25, 0.3) is 0 Å². The lowest BCUT2D eigenvalue weighted by molar-refractivity contribution is -0.00519. The maximum atomic E-state index is 13.7. The van der Waals surface area contributed by atoms with Crippen LogP contribution < -0.4 is 0 Å². The van der Waals surface area contributed by atoms with Crippen LogP contribution in [0.5, 0.6) is 0 Å². The molecule has 0 amide bonds. The van der Waals surface area contributed by atoms with Crippen molar-refractivity contribution < 1.29 is 4.79 Å². The first-order valence-corrected chi connectivity index (χ1v) is 13.5. The molecule has 4 bridgehead atoms. The first-order chi connectivity index (χ1) is 13.6. The topological polar surface area (TPSA) is 17.1 Å². The Kier molecular flexibility index (Phi) is 4.93. The molecular weight excluding hydrogens is 360 g/mol. The molecule has 0 N–H and O–H groups in total. The molecule has 1 aromatic rings. The molecule has 0 unspecified atom stereocenters. The molecule has 1 aliphatic heterocycles. The van der Waals surface area contributed by atoms with Crippen LogP contribution in [0.15, 0.2) is 24.3 Å². The van der Waals surface area contributed by atoms with Crippen LogP contribution in [-0.4, -0.2) is 22.0 Å². The number of rotatable bonds is 6. The van der Waals surface area contributed by atoms with Gasteiger partial charge in [0.25, 0.3) is 0 Å². The van der Waals surface area contributed by atoms with Crippen molar-refractivity contribution in [2.75, 3.05) is 11.5 Å². The van der Waals surface area contributed by atoms with E-state index in [1.807, 2.05) is 0 Å². The van der Waals surface area contributed by atoms with Crippen LogP contribution in [0.3, 0.4) is 0 Å². The van der Waals surface area contributed by atoms with Crippen LogP contribution >= 0.6 is 0 Å². The quantitative estimate of drug-likeness (QED) is 0.406. The van der Waals surface area contributed by atoms with E-state index in [9.17, 15) is 4.79 Å². The van der Waals surface area contributed by atoms with Gasteiger partial charge in [0.15, 0.2) is 4.75 Å². The van der Waals surface area contributed by atoms with E-state index in [1.165, 1.54) is 62.9 Å². The lowest BCUT2D eigenvalue weighted by Gasteiger charge is -2.57. The summed E-state index contributed by atoms with van der Waals surface area (Å²) < 4.78 is -0.0985. The Hall–Kier alpha value is -0.760. The predicted octanol–water partition coefficient (Wildman–Crippen LogP) is 6.31. The molecule has 152 valence electrons. The second kappa shape index (κ2) is 7.18. The van der Waals surface area contributed by atoms with E-state index in [-0.39, 0.29) is 15.6 Å². The van der Waals surface area contributed by atoms with Crippen molar-refractivity contribution >= 4 is 16.7 Å². The highest BCUT2D eigenvalue weighted by molar-refractivity contribution is 7.99. The van der Waals surface area contributed by atoms with E-state index in [0.29, 0.717) is 11.2 Å². The number of carbonyl (C=O) groups excluding carboxylic acids is 1. The summed E-state index contributed by atoms with van der Waals surface area (Å²) in [4.78, 5) is 13.7. The molecule has 0 atom stereocenters. The third kappa shape index (κ3) is 2.92. The van der Waals surface area contributed by atoms with E-state index < -0.39 is 0 Å². The fourth-order valence-electron chi connectivity index (χ4n) is 7.86. The molecule has 0 spiro atoms. The molecular formula is C26H37OS+. The summed E-state index contributed by atoms with van der Waals surface area (Å²) in [6, 6.07) is 9.12. The maximum absolute atomic E-state index is 13.7. The van der Waals surface area contributed by atoms with E-state index in [0.717, 1.165) is 36.2 Å². The number of carbonyl (C=O) groups is 1. The largest absolute Gasteiger partial charge is 0.288 e. The molecule has 4 saturated carbocycles. The zero-order chi connectivity index (χ0) is 19.4. The van der Waals surface area contributed by atoms with Crippen LogP contribution in [0.4, 0.5) is 0 Å². The number of hydrogen-bond donors (Lipinski definition) is 0. The van der Waals surface area contributed by atoms with E-state index >= 15 is 0 Å². The molecule has 0 aromatic heterocycles. The van der Waals surface area contributed by atoms with Gasteiger partial charge in [-0.3, -0.25) is 4.79 Å². The standard InChI is InChI=1S/C26H37OS/c1-3-26(4-2,28-11-5-6-12-28)24(27)22-7-9-23(10-8-22)25-16-19-13-20(17-25)15-21(14-19)18-25/h7-10,19-21H,3-6,11-18H2,1-2H3/q+1. The average molecular weight is 398 g/mol. The van der Waals surface area contributed by atoms with Crippen LogP contribution in [0.2, 0.25) is 0 Å². The first kappa shape index (κ1) is 19.2. The lowest BCUT2D eigenvalue weighted by atomic mass is 9.48. The molecule has 5 aliphatic rings. The molecule has 2 heteroatoms. The van der Waals surface area contributed by atoms with Gasteiger partial charge < -0.3 is 0 Å². The van der Waals surface area contributed by atoms with E-state index in [2.05, 4.69) is 38.1 Å². The molecule has 1 aromatic carbocycles. The Bertz CT molecular complexity index is 688. The summed E-state index contributed by atoms with van der Waals surface area (Å²) in [6.07, 6.45) is 13.3. The highest BCUT2D eigenvalue weighted by Gasteiger charge is 2.53. The summed E-state index contributed by atoms with van der Waals surface area (Å²) in [6.45, 7) is 4.49. The molecule has 28 heavy (non-hydrogen) atoms. The monoisotopic (exact) mass is 397 g/mol. The average Bonchev–Trinajstić information content (AvgIpc) is 3.24. The third-order valence-electron chi connectivity index (χ3n) is 8.94.